The van der Waals surface area contributed by atoms with Gasteiger partial charge < -0.3 is 35.8 Å². The summed E-state index contributed by atoms with van der Waals surface area (Å²) in [7, 11) is 0. The van der Waals surface area contributed by atoms with Gasteiger partial charge in [0.05, 0.1) is 28.4 Å². The summed E-state index contributed by atoms with van der Waals surface area (Å²) in [5, 5.41) is 33.7. The Labute approximate surface area is 190 Å². The fourth-order valence-electron chi connectivity index (χ4n) is 3.06. The summed E-state index contributed by atoms with van der Waals surface area (Å²) < 4.78 is 51.0. The van der Waals surface area contributed by atoms with Crippen molar-refractivity contribution in [2.45, 2.75) is 30.6 Å². The van der Waals surface area contributed by atoms with Gasteiger partial charge in [0, 0.05) is 17.8 Å². The Morgan fingerprint density at radius 3 is 2.34 bits per heavy atom. The average molecular weight is 495 g/mol. The van der Waals surface area contributed by atoms with Crippen LogP contribution in [0.4, 0.5) is 13.2 Å². The molecule has 1 aliphatic heterocycles. The average Bonchev–Trinajstić information content (AvgIpc) is 2.75. The van der Waals surface area contributed by atoms with Crippen LogP contribution in [0.25, 0.3) is 5.70 Å². The van der Waals surface area contributed by atoms with E-state index < -0.39 is 54.7 Å². The van der Waals surface area contributed by atoms with Crippen LogP contribution in [0.1, 0.15) is 5.56 Å². The van der Waals surface area contributed by atoms with Crippen LogP contribution in [0.3, 0.4) is 0 Å². The minimum Gasteiger partial charge on any atom is -0.462 e. The topological polar surface area (TPSA) is 117 Å². The second kappa shape index (κ2) is 10.2. The fourth-order valence-corrected chi connectivity index (χ4v) is 3.35. The minimum absolute atomic E-state index is 0.174. The molecule has 5 unspecified atom stereocenters. The van der Waals surface area contributed by atoms with Crippen LogP contribution in [-0.2, 0) is 4.74 Å². The first-order valence-electron chi connectivity index (χ1n) is 9.23. The molecule has 0 aromatic heterocycles. The maximum atomic E-state index is 13.5. The summed E-state index contributed by atoms with van der Waals surface area (Å²) in [6.45, 7) is -0.610. The number of aliphatic hydroxyl groups excluding tert-OH is 3. The third kappa shape index (κ3) is 5.22. The number of nitrogens with one attached hydrogen (secondary N) is 1. The summed E-state index contributed by atoms with van der Waals surface area (Å²) in [5.74, 6) is -4.31. The van der Waals surface area contributed by atoms with Gasteiger partial charge in [-0.25, -0.2) is 13.2 Å². The number of ether oxygens (including phenoxy) is 2. The normalized spacial score (nSPS) is 26.1. The summed E-state index contributed by atoms with van der Waals surface area (Å²) in [4.78, 5) is 0. The van der Waals surface area contributed by atoms with E-state index in [1.54, 1.807) is 0 Å². The zero-order valence-electron chi connectivity index (χ0n) is 16.2. The van der Waals surface area contributed by atoms with Crippen molar-refractivity contribution in [1.82, 2.24) is 5.32 Å². The number of nitrogens with two attached hydrogens (primary N) is 1. The van der Waals surface area contributed by atoms with Crippen molar-refractivity contribution >= 4 is 28.9 Å². The molecule has 174 valence electrons. The highest BCUT2D eigenvalue weighted by Gasteiger charge is 2.45. The predicted molar refractivity (Wildman–Crippen MR) is 110 cm³/mol. The molecule has 0 amide bonds. The van der Waals surface area contributed by atoms with Crippen LogP contribution in [0.2, 0.25) is 10.0 Å². The molecular weight excluding hydrogens is 476 g/mol. The lowest BCUT2D eigenvalue weighted by Gasteiger charge is -2.42. The molecule has 1 heterocycles. The van der Waals surface area contributed by atoms with E-state index in [2.05, 4.69) is 5.32 Å². The molecule has 7 nitrogen and oxygen atoms in total. The maximum Gasteiger partial charge on any atom is 0.228 e. The second-order valence-electron chi connectivity index (χ2n) is 6.95. The van der Waals surface area contributed by atoms with Gasteiger partial charge >= 0.3 is 0 Å². The third-order valence-corrected chi connectivity index (χ3v) is 5.52. The Kier molecular flexibility index (Phi) is 7.75. The Bertz CT molecular complexity index is 990. The minimum atomic E-state index is -1.64. The number of aliphatic hydroxyl groups is 3. The number of rotatable bonds is 6. The zero-order chi connectivity index (χ0) is 23.6. The van der Waals surface area contributed by atoms with E-state index in [4.69, 9.17) is 38.4 Å². The standard InChI is InChI=1S/C20H19Cl2F3N2O5/c21-10-2-1-9(5-11(10)22)31-20-19(30)17(18(29)15(7-28)32-20)27-6-14(26)8-3-12(23)16(25)13(24)4-8/h1-6,15,17-20,27-30H,7,26H2/b14-6-. The molecule has 12 heteroatoms. The molecule has 2 aromatic rings. The highest BCUT2D eigenvalue weighted by molar-refractivity contribution is 6.42. The molecule has 1 saturated heterocycles. The third-order valence-electron chi connectivity index (χ3n) is 4.78. The zero-order valence-corrected chi connectivity index (χ0v) is 17.7. The maximum absolute atomic E-state index is 13.5. The summed E-state index contributed by atoms with van der Waals surface area (Å²) in [6.07, 6.45) is -4.35. The van der Waals surface area contributed by atoms with Crippen LogP contribution < -0.4 is 15.8 Å². The van der Waals surface area contributed by atoms with Crippen LogP contribution in [-0.4, -0.2) is 52.6 Å². The Morgan fingerprint density at radius 2 is 1.75 bits per heavy atom. The molecule has 2 aromatic carbocycles. The smallest absolute Gasteiger partial charge is 0.228 e. The van der Waals surface area contributed by atoms with Crippen molar-refractivity contribution < 1.29 is 38.0 Å². The fraction of sp³-hybridized carbons (Fsp3) is 0.300. The van der Waals surface area contributed by atoms with E-state index >= 15 is 0 Å². The second-order valence-corrected chi connectivity index (χ2v) is 7.76. The van der Waals surface area contributed by atoms with Gasteiger partial charge in [-0.05, 0) is 24.3 Å². The van der Waals surface area contributed by atoms with Crippen molar-refractivity contribution in [2.75, 3.05) is 6.61 Å². The molecule has 0 bridgehead atoms. The Hall–Kier alpha value is -2.21. The van der Waals surface area contributed by atoms with E-state index in [1.807, 2.05) is 0 Å². The molecule has 0 radical (unpaired) electrons. The van der Waals surface area contributed by atoms with E-state index in [1.165, 1.54) is 18.2 Å². The van der Waals surface area contributed by atoms with Gasteiger partial charge in [0.2, 0.25) is 6.29 Å². The Morgan fingerprint density at radius 1 is 1.09 bits per heavy atom. The molecule has 1 aliphatic rings. The van der Waals surface area contributed by atoms with Crippen LogP contribution in [0, 0.1) is 17.5 Å². The molecule has 3 rings (SSSR count). The van der Waals surface area contributed by atoms with Crippen molar-refractivity contribution in [2.24, 2.45) is 5.73 Å². The Balaban J connectivity index is 1.80. The molecule has 5 atom stereocenters. The summed E-state index contributed by atoms with van der Waals surface area (Å²) in [6, 6.07) is 4.53. The van der Waals surface area contributed by atoms with Crippen LogP contribution >= 0.6 is 23.2 Å². The molecule has 0 spiro atoms. The van der Waals surface area contributed by atoms with Crippen molar-refractivity contribution in [3.05, 3.63) is 69.6 Å². The van der Waals surface area contributed by atoms with Crippen molar-refractivity contribution in [3.63, 3.8) is 0 Å². The van der Waals surface area contributed by atoms with E-state index in [0.29, 0.717) is 12.1 Å². The highest BCUT2D eigenvalue weighted by atomic mass is 35.5. The predicted octanol–water partition coefficient (Wildman–Crippen LogP) is 2.14. The lowest BCUT2D eigenvalue weighted by Crippen LogP contribution is -2.64. The van der Waals surface area contributed by atoms with E-state index in [-0.39, 0.29) is 27.1 Å². The van der Waals surface area contributed by atoms with Gasteiger partial charge in [0.1, 0.15) is 24.1 Å². The van der Waals surface area contributed by atoms with Gasteiger partial charge in [-0.1, -0.05) is 23.2 Å². The molecule has 0 aliphatic carbocycles. The van der Waals surface area contributed by atoms with Crippen molar-refractivity contribution in [1.29, 1.82) is 0 Å². The lowest BCUT2D eigenvalue weighted by atomic mass is 9.96. The summed E-state index contributed by atoms with van der Waals surface area (Å²) in [5.41, 5.74) is 5.40. The van der Waals surface area contributed by atoms with Gasteiger partial charge in [-0.15, -0.1) is 0 Å². The first-order valence-corrected chi connectivity index (χ1v) is 9.98. The molecule has 6 N–H and O–H groups in total. The number of hydrogen-bond acceptors (Lipinski definition) is 7. The van der Waals surface area contributed by atoms with E-state index in [0.717, 1.165) is 6.20 Å². The van der Waals surface area contributed by atoms with Crippen molar-refractivity contribution in [3.8, 4) is 5.75 Å². The number of hydrogen-bond donors (Lipinski definition) is 5. The molecule has 32 heavy (non-hydrogen) atoms. The lowest BCUT2D eigenvalue weighted by molar-refractivity contribution is -0.250. The SMILES string of the molecule is N/C(=C\NC1C(O)C(CO)OC(Oc2ccc(Cl)c(Cl)c2)C1O)c1cc(F)c(F)c(F)c1. The quantitative estimate of drug-likeness (QED) is 0.390. The monoisotopic (exact) mass is 494 g/mol. The number of halogens is 5. The van der Waals surface area contributed by atoms with Gasteiger partial charge in [0.25, 0.3) is 0 Å². The first kappa shape index (κ1) is 24.4. The number of benzene rings is 2. The molecular formula is C20H19Cl2F3N2O5. The van der Waals surface area contributed by atoms with Gasteiger partial charge in [0.15, 0.2) is 17.5 Å². The van der Waals surface area contributed by atoms with Crippen LogP contribution in [0.5, 0.6) is 5.75 Å². The van der Waals surface area contributed by atoms with E-state index in [9.17, 15) is 28.5 Å². The summed E-state index contributed by atoms with van der Waals surface area (Å²) >= 11 is 11.8. The molecule has 1 fully saturated rings. The van der Waals surface area contributed by atoms with Gasteiger partial charge in [-0.2, -0.15) is 0 Å². The van der Waals surface area contributed by atoms with Gasteiger partial charge in [-0.3, -0.25) is 0 Å². The molecule has 0 saturated carbocycles. The first-order chi connectivity index (χ1) is 15.1. The van der Waals surface area contributed by atoms with Crippen LogP contribution in [0.15, 0.2) is 36.5 Å². The highest BCUT2D eigenvalue weighted by Crippen LogP contribution is 2.29. The largest absolute Gasteiger partial charge is 0.462 e.